The Bertz CT molecular complexity index is 489. The van der Waals surface area contributed by atoms with Crippen LogP contribution in [-0.2, 0) is 12.8 Å². The van der Waals surface area contributed by atoms with Gasteiger partial charge in [-0.25, -0.2) is 0 Å². The van der Waals surface area contributed by atoms with E-state index in [1.54, 1.807) is 11.1 Å². The number of aryl methyl sites for hydroxylation is 1. The van der Waals surface area contributed by atoms with Crippen LogP contribution < -0.4 is 5.73 Å². The number of unbranched alkanes of at least 4 members (excludes halogenated alkanes) is 1. The Kier molecular flexibility index (Phi) is 8.65. The van der Waals surface area contributed by atoms with Gasteiger partial charge in [0.15, 0.2) is 0 Å². The minimum atomic E-state index is 0.290. The predicted octanol–water partition coefficient (Wildman–Crippen LogP) is 4.53. The van der Waals surface area contributed by atoms with Gasteiger partial charge in [-0.05, 0) is 84.6 Å². The zero-order valence-corrected chi connectivity index (χ0v) is 16.3. The summed E-state index contributed by atoms with van der Waals surface area (Å²) < 4.78 is 0. The van der Waals surface area contributed by atoms with Gasteiger partial charge in [-0.2, -0.15) is 11.8 Å². The quantitative estimate of drug-likeness (QED) is 0.610. The van der Waals surface area contributed by atoms with Crippen LogP contribution in [0, 0.1) is 5.92 Å². The Labute approximate surface area is 152 Å². The van der Waals surface area contributed by atoms with E-state index in [9.17, 15) is 0 Å². The van der Waals surface area contributed by atoms with Crippen molar-refractivity contribution in [1.29, 1.82) is 0 Å². The van der Waals surface area contributed by atoms with Gasteiger partial charge in [0.2, 0.25) is 0 Å². The minimum absolute atomic E-state index is 0.290. The number of fused-ring (bicyclic) bond motifs is 1. The van der Waals surface area contributed by atoms with Gasteiger partial charge < -0.3 is 10.8 Å². The van der Waals surface area contributed by atoms with Crippen LogP contribution in [0.5, 0.6) is 0 Å². The summed E-state index contributed by atoms with van der Waals surface area (Å²) in [6.45, 7) is 5.57. The van der Waals surface area contributed by atoms with Crippen molar-refractivity contribution in [2.24, 2.45) is 11.7 Å². The van der Waals surface area contributed by atoms with Crippen LogP contribution in [0.4, 0.5) is 0 Å². The molecule has 24 heavy (non-hydrogen) atoms. The maximum Gasteiger partial charge on any atom is 0.0431 e. The number of hydrogen-bond donors (Lipinski definition) is 2. The highest BCUT2D eigenvalue weighted by Gasteiger charge is 2.20. The maximum atomic E-state index is 8.96. The second-order valence-corrected chi connectivity index (χ2v) is 9.18. The van der Waals surface area contributed by atoms with E-state index in [4.69, 9.17) is 10.8 Å². The smallest absolute Gasteiger partial charge is 0.0431 e. The van der Waals surface area contributed by atoms with Crippen molar-refractivity contribution >= 4 is 11.8 Å². The van der Waals surface area contributed by atoms with Gasteiger partial charge in [-0.1, -0.05) is 38.5 Å². The fourth-order valence-corrected chi connectivity index (χ4v) is 4.69. The molecule has 0 radical (unpaired) electrons. The van der Waals surface area contributed by atoms with Crippen LogP contribution in [0.15, 0.2) is 18.2 Å². The van der Waals surface area contributed by atoms with E-state index in [1.807, 2.05) is 0 Å². The predicted molar refractivity (Wildman–Crippen MR) is 107 cm³/mol. The first-order chi connectivity index (χ1) is 11.6. The highest BCUT2D eigenvalue weighted by Crippen LogP contribution is 2.32. The van der Waals surface area contributed by atoms with Crippen molar-refractivity contribution in [2.75, 3.05) is 18.9 Å². The summed E-state index contributed by atoms with van der Waals surface area (Å²) in [5, 5.41) is 9.72. The Hall–Kier alpha value is -0.510. The summed E-state index contributed by atoms with van der Waals surface area (Å²) >= 11 is 2.09. The van der Waals surface area contributed by atoms with Crippen LogP contribution in [0.1, 0.15) is 68.6 Å². The van der Waals surface area contributed by atoms with E-state index in [2.05, 4.69) is 43.8 Å². The molecule has 1 aliphatic carbocycles. The first-order valence-corrected chi connectivity index (χ1v) is 10.7. The molecule has 136 valence electrons. The normalized spacial score (nSPS) is 18.6. The zero-order chi connectivity index (χ0) is 17.4. The van der Waals surface area contributed by atoms with Gasteiger partial charge >= 0.3 is 0 Å². The van der Waals surface area contributed by atoms with E-state index < -0.39 is 0 Å². The van der Waals surface area contributed by atoms with Crippen molar-refractivity contribution in [3.05, 3.63) is 34.9 Å². The van der Waals surface area contributed by atoms with Crippen LogP contribution in [-0.4, -0.2) is 29.3 Å². The number of aliphatic hydroxyl groups excluding tert-OH is 1. The molecule has 0 saturated carbocycles. The fraction of sp³-hybridized carbons (Fsp3) is 0.714. The monoisotopic (exact) mass is 349 g/mol. The molecular weight excluding hydrogens is 314 g/mol. The Morgan fingerprint density at radius 2 is 2.08 bits per heavy atom. The van der Waals surface area contributed by atoms with Crippen molar-refractivity contribution in [3.8, 4) is 0 Å². The molecule has 2 nitrogen and oxygen atoms in total. The molecule has 0 aliphatic heterocycles. The lowest BCUT2D eigenvalue weighted by molar-refractivity contribution is 0.281. The lowest BCUT2D eigenvalue weighted by Gasteiger charge is -2.26. The molecule has 2 rings (SSSR count). The molecular formula is C21H35NOS. The summed E-state index contributed by atoms with van der Waals surface area (Å²) in [5.74, 6) is 2.61. The Morgan fingerprint density at radius 3 is 2.79 bits per heavy atom. The highest BCUT2D eigenvalue weighted by molar-refractivity contribution is 7.99. The lowest BCUT2D eigenvalue weighted by Crippen LogP contribution is -2.17. The molecule has 1 unspecified atom stereocenters. The number of benzene rings is 1. The molecule has 0 fully saturated rings. The third-order valence-corrected chi connectivity index (χ3v) is 6.39. The van der Waals surface area contributed by atoms with Crippen LogP contribution >= 0.6 is 11.8 Å². The topological polar surface area (TPSA) is 46.2 Å². The molecule has 3 N–H and O–H groups in total. The van der Waals surface area contributed by atoms with E-state index in [0.29, 0.717) is 12.5 Å². The second kappa shape index (κ2) is 10.5. The van der Waals surface area contributed by atoms with Crippen molar-refractivity contribution in [2.45, 2.75) is 70.0 Å². The van der Waals surface area contributed by atoms with Gasteiger partial charge in [0.1, 0.15) is 0 Å². The van der Waals surface area contributed by atoms with E-state index >= 15 is 0 Å². The molecule has 0 saturated heterocycles. The first kappa shape index (κ1) is 19.8. The first-order valence-electron chi connectivity index (χ1n) is 9.68. The van der Waals surface area contributed by atoms with E-state index in [-0.39, 0.29) is 6.61 Å². The number of rotatable bonds is 10. The number of nitrogens with two attached hydrogens (primary N) is 1. The summed E-state index contributed by atoms with van der Waals surface area (Å²) in [7, 11) is 0. The van der Waals surface area contributed by atoms with Gasteiger partial charge in [0.05, 0.1) is 0 Å². The summed E-state index contributed by atoms with van der Waals surface area (Å²) in [4.78, 5) is 0. The summed E-state index contributed by atoms with van der Waals surface area (Å²) in [6, 6.07) is 7.09. The lowest BCUT2D eigenvalue weighted by atomic mass is 9.80. The largest absolute Gasteiger partial charge is 0.396 e. The van der Waals surface area contributed by atoms with Crippen LogP contribution in [0.2, 0.25) is 0 Å². The number of aliphatic hydroxyl groups is 1. The molecule has 1 aromatic rings. The summed E-state index contributed by atoms with van der Waals surface area (Å²) in [6.07, 6.45) is 8.22. The van der Waals surface area contributed by atoms with E-state index in [1.165, 1.54) is 37.0 Å². The van der Waals surface area contributed by atoms with Crippen molar-refractivity contribution in [1.82, 2.24) is 0 Å². The van der Waals surface area contributed by atoms with E-state index in [0.717, 1.165) is 30.4 Å². The highest BCUT2D eigenvalue weighted by atomic mass is 32.2. The average Bonchev–Trinajstić information content (AvgIpc) is 2.58. The Morgan fingerprint density at radius 1 is 1.25 bits per heavy atom. The van der Waals surface area contributed by atoms with Crippen LogP contribution in [0.25, 0.3) is 0 Å². The molecule has 2 atom stereocenters. The average molecular weight is 350 g/mol. The molecule has 1 aromatic carbocycles. The van der Waals surface area contributed by atoms with Gasteiger partial charge in [0, 0.05) is 6.61 Å². The standard InChI is InChI=1S/C21H35NOS/c1-16(2)24-12-10-17-6-7-19-14-20(9-8-18(19)13-17)21(15-22)5-3-4-11-23/h8-9,14,16-17,21,23H,3-7,10-13,15,22H2,1-2H3/t17-,21?/m1/s1. The Balaban J connectivity index is 1.92. The molecule has 0 heterocycles. The molecule has 1 aliphatic rings. The molecule has 3 heteroatoms. The van der Waals surface area contributed by atoms with Crippen LogP contribution in [0.3, 0.4) is 0 Å². The van der Waals surface area contributed by atoms with Gasteiger partial charge in [0.25, 0.3) is 0 Å². The summed E-state index contributed by atoms with van der Waals surface area (Å²) in [5.41, 5.74) is 10.5. The SMILES string of the molecule is CC(C)SCC[C@H]1CCc2cc(C(CN)CCCCO)ccc2C1. The van der Waals surface area contributed by atoms with Crippen molar-refractivity contribution < 1.29 is 5.11 Å². The second-order valence-electron chi connectivity index (χ2n) is 7.50. The molecule has 0 spiro atoms. The minimum Gasteiger partial charge on any atom is -0.396 e. The zero-order valence-electron chi connectivity index (χ0n) is 15.5. The number of thioether (sulfide) groups is 1. The van der Waals surface area contributed by atoms with Crippen molar-refractivity contribution in [3.63, 3.8) is 0 Å². The van der Waals surface area contributed by atoms with Gasteiger partial charge in [-0.15, -0.1) is 0 Å². The third kappa shape index (κ3) is 6.09. The third-order valence-electron chi connectivity index (χ3n) is 5.25. The molecule has 0 amide bonds. The number of hydrogen-bond acceptors (Lipinski definition) is 3. The maximum absolute atomic E-state index is 8.96. The molecule has 0 bridgehead atoms. The molecule has 0 aromatic heterocycles. The van der Waals surface area contributed by atoms with Gasteiger partial charge in [-0.3, -0.25) is 0 Å². The fourth-order valence-electron chi connectivity index (χ4n) is 3.74.